The first-order valence-corrected chi connectivity index (χ1v) is 6.41. The maximum atomic E-state index is 5.83. The zero-order chi connectivity index (χ0) is 14.4. The second kappa shape index (κ2) is 6.81. The van der Waals surface area contributed by atoms with E-state index in [1.165, 1.54) is 18.2 Å². The van der Waals surface area contributed by atoms with Crippen molar-refractivity contribution in [3.05, 3.63) is 71.1 Å². The molecule has 3 nitrogen and oxygen atoms in total. The summed E-state index contributed by atoms with van der Waals surface area (Å²) in [4.78, 5) is 0. The van der Waals surface area contributed by atoms with Crippen LogP contribution in [0.1, 0.15) is 18.1 Å². The van der Waals surface area contributed by atoms with E-state index >= 15 is 0 Å². The van der Waals surface area contributed by atoms with Crippen molar-refractivity contribution in [2.24, 2.45) is 11.5 Å². The van der Waals surface area contributed by atoms with Crippen molar-refractivity contribution in [3.63, 3.8) is 0 Å². The third kappa shape index (κ3) is 3.26. The quantitative estimate of drug-likeness (QED) is 0.775. The molecule has 0 radical (unpaired) electrons. The minimum atomic E-state index is 0.738. The minimum absolute atomic E-state index is 0.738. The smallest absolute Gasteiger partial charge is 0.0657 e. The van der Waals surface area contributed by atoms with Gasteiger partial charge in [-0.1, -0.05) is 44.3 Å². The van der Waals surface area contributed by atoms with E-state index in [0.717, 1.165) is 35.5 Å². The van der Waals surface area contributed by atoms with Gasteiger partial charge < -0.3 is 16.8 Å². The number of nitrogens with one attached hydrogen (secondary N) is 1. The monoisotopic (exact) mass is 257 g/mol. The minimum Gasteiger partial charge on any atom is -0.397 e. The molecule has 0 heterocycles. The standard InChI is InChI=1S/C15H18N2.CH5N/c1-4-12-6-5-7-13(8-12)9-17-15-11(3)10(2)14(15)16;1-2/h5-8,17H,2-4,9,16H2,1H3;2H2,1H3. The predicted octanol–water partition coefficient (Wildman–Crippen LogP) is 2.21. The van der Waals surface area contributed by atoms with Crippen molar-refractivity contribution < 1.29 is 0 Å². The van der Waals surface area contributed by atoms with Crippen LogP contribution in [0, 0.1) is 0 Å². The fourth-order valence-electron chi connectivity index (χ4n) is 1.92. The summed E-state index contributed by atoms with van der Waals surface area (Å²) in [6.45, 7) is 10.7. The molecule has 1 aliphatic rings. The van der Waals surface area contributed by atoms with Crippen molar-refractivity contribution in [2.75, 3.05) is 7.05 Å². The van der Waals surface area contributed by atoms with Gasteiger partial charge in [0.05, 0.1) is 11.4 Å². The van der Waals surface area contributed by atoms with Gasteiger partial charge >= 0.3 is 0 Å². The Morgan fingerprint density at radius 1 is 1.11 bits per heavy atom. The van der Waals surface area contributed by atoms with Gasteiger partial charge in [-0.15, -0.1) is 0 Å². The highest BCUT2D eigenvalue weighted by Gasteiger charge is 2.23. The van der Waals surface area contributed by atoms with Crippen LogP contribution < -0.4 is 16.8 Å². The topological polar surface area (TPSA) is 64.1 Å². The molecule has 0 bridgehead atoms. The van der Waals surface area contributed by atoms with Gasteiger partial charge in [0.15, 0.2) is 0 Å². The zero-order valence-corrected chi connectivity index (χ0v) is 11.8. The van der Waals surface area contributed by atoms with E-state index in [9.17, 15) is 0 Å². The molecular formula is C16H23N3. The molecule has 0 unspecified atom stereocenters. The summed E-state index contributed by atoms with van der Waals surface area (Å²) in [6, 6.07) is 8.54. The van der Waals surface area contributed by atoms with Gasteiger partial charge in [-0.3, -0.25) is 0 Å². The Bertz CT molecular complexity index is 512. The maximum absolute atomic E-state index is 5.83. The molecule has 2 rings (SSSR count). The fourth-order valence-corrected chi connectivity index (χ4v) is 1.92. The van der Waals surface area contributed by atoms with Crippen LogP contribution in [0.15, 0.2) is 60.0 Å². The summed E-state index contributed by atoms with van der Waals surface area (Å²) < 4.78 is 0. The predicted molar refractivity (Wildman–Crippen MR) is 82.3 cm³/mol. The first-order valence-electron chi connectivity index (χ1n) is 6.41. The highest BCUT2D eigenvalue weighted by Crippen LogP contribution is 2.31. The van der Waals surface area contributed by atoms with Gasteiger partial charge in [0.2, 0.25) is 0 Å². The van der Waals surface area contributed by atoms with E-state index in [-0.39, 0.29) is 0 Å². The molecule has 1 aliphatic carbocycles. The second-order valence-corrected chi connectivity index (χ2v) is 4.27. The Balaban J connectivity index is 0.000000861. The van der Waals surface area contributed by atoms with Gasteiger partial charge in [0.25, 0.3) is 0 Å². The highest BCUT2D eigenvalue weighted by atomic mass is 14.9. The third-order valence-electron chi connectivity index (χ3n) is 3.13. The number of benzene rings is 1. The van der Waals surface area contributed by atoms with E-state index in [2.05, 4.69) is 55.4 Å². The van der Waals surface area contributed by atoms with Crippen LogP contribution in [0.3, 0.4) is 0 Å². The molecule has 0 aliphatic heterocycles. The Morgan fingerprint density at radius 2 is 1.74 bits per heavy atom. The van der Waals surface area contributed by atoms with E-state index in [0.29, 0.717) is 0 Å². The molecule has 1 aromatic rings. The van der Waals surface area contributed by atoms with Crippen LogP contribution in [0.5, 0.6) is 0 Å². The van der Waals surface area contributed by atoms with Crippen LogP contribution in [0.2, 0.25) is 0 Å². The lowest BCUT2D eigenvalue weighted by Gasteiger charge is -2.27. The van der Waals surface area contributed by atoms with Gasteiger partial charge in [0.1, 0.15) is 0 Å². The van der Waals surface area contributed by atoms with Crippen molar-refractivity contribution in [3.8, 4) is 0 Å². The maximum Gasteiger partial charge on any atom is 0.0657 e. The highest BCUT2D eigenvalue weighted by molar-refractivity contribution is 5.65. The van der Waals surface area contributed by atoms with Gasteiger partial charge in [-0.25, -0.2) is 0 Å². The van der Waals surface area contributed by atoms with E-state index < -0.39 is 0 Å². The molecule has 19 heavy (non-hydrogen) atoms. The van der Waals surface area contributed by atoms with Crippen molar-refractivity contribution in [1.29, 1.82) is 0 Å². The molecule has 0 fully saturated rings. The summed E-state index contributed by atoms with van der Waals surface area (Å²) >= 11 is 0. The normalized spacial score (nSPS) is 13.6. The van der Waals surface area contributed by atoms with Crippen LogP contribution in [0.4, 0.5) is 0 Å². The molecule has 102 valence electrons. The Hall–Kier alpha value is -2.00. The van der Waals surface area contributed by atoms with Crippen molar-refractivity contribution >= 4 is 0 Å². The van der Waals surface area contributed by atoms with Crippen LogP contribution in [-0.4, -0.2) is 7.05 Å². The van der Waals surface area contributed by atoms with E-state index in [1.54, 1.807) is 0 Å². The molecule has 0 saturated carbocycles. The third-order valence-corrected chi connectivity index (χ3v) is 3.13. The Labute approximate surface area is 115 Å². The number of allylic oxidation sites excluding steroid dienone is 2. The first-order chi connectivity index (χ1) is 9.13. The van der Waals surface area contributed by atoms with Crippen molar-refractivity contribution in [1.82, 2.24) is 5.32 Å². The molecule has 0 amide bonds. The number of aryl methyl sites for hydroxylation is 1. The Kier molecular flexibility index (Phi) is 5.39. The molecular weight excluding hydrogens is 234 g/mol. The molecule has 1 aromatic carbocycles. The molecule has 3 heteroatoms. The van der Waals surface area contributed by atoms with Gasteiger partial charge in [0, 0.05) is 17.7 Å². The summed E-state index contributed by atoms with van der Waals surface area (Å²) in [7, 11) is 1.50. The first kappa shape index (κ1) is 15.1. The van der Waals surface area contributed by atoms with Gasteiger partial charge in [-0.2, -0.15) is 0 Å². The summed E-state index contributed by atoms with van der Waals surface area (Å²) in [5.41, 5.74) is 16.4. The number of hydrogen-bond acceptors (Lipinski definition) is 3. The molecule has 5 N–H and O–H groups in total. The SMILES string of the molecule is C=C1C(=C)C(NCc2cccc(CC)c2)=C1N.CN. The number of rotatable bonds is 4. The molecule has 0 aromatic heterocycles. The summed E-state index contributed by atoms with van der Waals surface area (Å²) in [5.74, 6) is 0. The van der Waals surface area contributed by atoms with E-state index in [1.807, 2.05) is 0 Å². The van der Waals surface area contributed by atoms with Crippen LogP contribution in [-0.2, 0) is 13.0 Å². The van der Waals surface area contributed by atoms with Crippen LogP contribution in [0.25, 0.3) is 0 Å². The zero-order valence-electron chi connectivity index (χ0n) is 11.8. The Morgan fingerprint density at radius 3 is 2.32 bits per heavy atom. The fraction of sp³-hybridized carbons (Fsp3) is 0.250. The number of nitrogens with two attached hydrogens (primary N) is 2. The lowest BCUT2D eigenvalue weighted by molar-refractivity contribution is 0.789. The lowest BCUT2D eigenvalue weighted by atomic mass is 9.90. The summed E-state index contributed by atoms with van der Waals surface area (Å²) in [5, 5.41) is 3.31. The average Bonchev–Trinajstić information content (AvgIpc) is 2.49. The molecule has 0 saturated heterocycles. The van der Waals surface area contributed by atoms with Crippen LogP contribution >= 0.6 is 0 Å². The summed E-state index contributed by atoms with van der Waals surface area (Å²) in [6.07, 6.45) is 1.06. The van der Waals surface area contributed by atoms with Gasteiger partial charge in [-0.05, 0) is 24.6 Å². The largest absolute Gasteiger partial charge is 0.397 e. The molecule has 0 spiro atoms. The van der Waals surface area contributed by atoms with Crippen molar-refractivity contribution in [2.45, 2.75) is 19.9 Å². The second-order valence-electron chi connectivity index (χ2n) is 4.27. The number of hydrogen-bond donors (Lipinski definition) is 3. The molecule has 0 atom stereocenters. The average molecular weight is 257 g/mol. The van der Waals surface area contributed by atoms with E-state index in [4.69, 9.17) is 5.73 Å². The lowest BCUT2D eigenvalue weighted by Crippen LogP contribution is -2.28.